The van der Waals surface area contributed by atoms with E-state index in [1.807, 2.05) is 26.0 Å². The molecule has 0 aliphatic carbocycles. The molecule has 0 aromatic heterocycles. The number of benzene rings is 1. The molecule has 0 aliphatic heterocycles. The Labute approximate surface area is 111 Å². The van der Waals surface area contributed by atoms with Crippen LogP contribution in [0, 0.1) is 0 Å². The highest BCUT2D eigenvalue weighted by molar-refractivity contribution is 5.30. The van der Waals surface area contributed by atoms with Crippen LogP contribution in [0.1, 0.15) is 58.1 Å². The molecule has 1 rings (SSSR count). The Bertz CT molecular complexity index is 339. The van der Waals surface area contributed by atoms with Gasteiger partial charge in [0.1, 0.15) is 5.75 Å². The van der Waals surface area contributed by atoms with Crippen molar-refractivity contribution in [3.05, 3.63) is 29.8 Å². The van der Waals surface area contributed by atoms with E-state index in [2.05, 4.69) is 24.5 Å². The first-order valence-electron chi connectivity index (χ1n) is 6.90. The van der Waals surface area contributed by atoms with Crippen LogP contribution >= 0.6 is 0 Å². The van der Waals surface area contributed by atoms with Gasteiger partial charge in [0.15, 0.2) is 0 Å². The molecule has 3 nitrogen and oxygen atoms in total. The molecular weight excluding hydrogens is 224 g/mol. The minimum Gasteiger partial charge on any atom is -0.491 e. The monoisotopic (exact) mass is 250 g/mol. The summed E-state index contributed by atoms with van der Waals surface area (Å²) in [5.74, 6) is 6.56. The highest BCUT2D eigenvalue weighted by Gasteiger charge is 2.10. The lowest BCUT2D eigenvalue weighted by Gasteiger charge is -2.18. The van der Waals surface area contributed by atoms with Crippen molar-refractivity contribution in [1.29, 1.82) is 0 Å². The predicted octanol–water partition coefficient (Wildman–Crippen LogP) is 3.56. The molecule has 3 N–H and O–H groups in total. The molecule has 1 atom stereocenters. The fraction of sp³-hybridized carbons (Fsp3) is 0.600. The molecule has 102 valence electrons. The SMILES string of the molecule is CCCCCC(NN)c1cccc(OC(C)C)c1. The predicted molar refractivity (Wildman–Crippen MR) is 76.4 cm³/mol. The quantitative estimate of drug-likeness (QED) is 0.421. The highest BCUT2D eigenvalue weighted by atomic mass is 16.5. The number of hydrazine groups is 1. The van der Waals surface area contributed by atoms with Gasteiger partial charge in [0.05, 0.1) is 6.10 Å². The summed E-state index contributed by atoms with van der Waals surface area (Å²) in [4.78, 5) is 0. The van der Waals surface area contributed by atoms with Gasteiger partial charge in [-0.25, -0.2) is 0 Å². The Hall–Kier alpha value is -1.06. The average Bonchev–Trinajstić information content (AvgIpc) is 2.34. The highest BCUT2D eigenvalue weighted by Crippen LogP contribution is 2.23. The number of unbranched alkanes of at least 4 members (excludes halogenated alkanes) is 2. The minimum atomic E-state index is 0.199. The summed E-state index contributed by atoms with van der Waals surface area (Å²) >= 11 is 0. The summed E-state index contributed by atoms with van der Waals surface area (Å²) in [6.45, 7) is 6.28. The van der Waals surface area contributed by atoms with E-state index in [0.717, 1.165) is 12.2 Å². The molecule has 0 heterocycles. The maximum absolute atomic E-state index is 5.71. The fourth-order valence-corrected chi connectivity index (χ4v) is 2.02. The van der Waals surface area contributed by atoms with E-state index in [0.29, 0.717) is 0 Å². The third-order valence-electron chi connectivity index (χ3n) is 2.93. The van der Waals surface area contributed by atoms with Gasteiger partial charge in [-0.3, -0.25) is 11.3 Å². The minimum absolute atomic E-state index is 0.199. The van der Waals surface area contributed by atoms with Crippen LogP contribution in [0.3, 0.4) is 0 Å². The summed E-state index contributed by atoms with van der Waals surface area (Å²) < 4.78 is 5.71. The molecule has 0 saturated heterocycles. The number of rotatable bonds is 8. The average molecular weight is 250 g/mol. The van der Waals surface area contributed by atoms with Crippen LogP contribution in [0.15, 0.2) is 24.3 Å². The Balaban J connectivity index is 2.66. The van der Waals surface area contributed by atoms with Crippen molar-refractivity contribution >= 4 is 0 Å². The Morgan fingerprint density at radius 3 is 2.67 bits per heavy atom. The first-order chi connectivity index (χ1) is 8.67. The van der Waals surface area contributed by atoms with Crippen LogP contribution in [-0.4, -0.2) is 6.10 Å². The fourth-order valence-electron chi connectivity index (χ4n) is 2.02. The van der Waals surface area contributed by atoms with Crippen molar-refractivity contribution in [2.24, 2.45) is 5.84 Å². The van der Waals surface area contributed by atoms with Crippen LogP contribution in [0.4, 0.5) is 0 Å². The number of hydrogen-bond donors (Lipinski definition) is 2. The molecule has 3 heteroatoms. The number of nitrogens with one attached hydrogen (secondary N) is 1. The topological polar surface area (TPSA) is 47.3 Å². The summed E-state index contributed by atoms with van der Waals surface area (Å²) in [5.41, 5.74) is 4.10. The number of ether oxygens (including phenoxy) is 1. The van der Waals surface area contributed by atoms with Crippen molar-refractivity contribution in [2.45, 2.75) is 58.6 Å². The van der Waals surface area contributed by atoms with Crippen LogP contribution < -0.4 is 16.0 Å². The largest absolute Gasteiger partial charge is 0.491 e. The van der Waals surface area contributed by atoms with E-state index < -0.39 is 0 Å². The molecule has 0 fully saturated rings. The zero-order valence-corrected chi connectivity index (χ0v) is 11.8. The standard InChI is InChI=1S/C15H26N2O/c1-4-5-6-10-15(17-16)13-8-7-9-14(11-13)18-12(2)3/h7-9,11-12,15,17H,4-6,10,16H2,1-3H3. The van der Waals surface area contributed by atoms with Crippen LogP contribution in [0.2, 0.25) is 0 Å². The normalized spacial score (nSPS) is 12.7. The van der Waals surface area contributed by atoms with E-state index in [4.69, 9.17) is 10.6 Å². The van der Waals surface area contributed by atoms with Gasteiger partial charge in [0, 0.05) is 6.04 Å². The zero-order valence-electron chi connectivity index (χ0n) is 11.8. The van der Waals surface area contributed by atoms with Crippen molar-refractivity contribution in [3.63, 3.8) is 0 Å². The molecule has 0 bridgehead atoms. The molecule has 1 aromatic rings. The van der Waals surface area contributed by atoms with Crippen molar-refractivity contribution < 1.29 is 4.74 Å². The second kappa shape index (κ2) is 8.11. The van der Waals surface area contributed by atoms with E-state index in [1.54, 1.807) is 0 Å². The van der Waals surface area contributed by atoms with Crippen molar-refractivity contribution in [3.8, 4) is 5.75 Å². The lowest BCUT2D eigenvalue weighted by Crippen LogP contribution is -2.28. The third kappa shape index (κ3) is 5.07. The van der Waals surface area contributed by atoms with E-state index >= 15 is 0 Å². The van der Waals surface area contributed by atoms with E-state index in [1.165, 1.54) is 24.8 Å². The van der Waals surface area contributed by atoms with Crippen LogP contribution in [-0.2, 0) is 0 Å². The Morgan fingerprint density at radius 2 is 2.06 bits per heavy atom. The lowest BCUT2D eigenvalue weighted by molar-refractivity contribution is 0.242. The van der Waals surface area contributed by atoms with Gasteiger partial charge in [0.25, 0.3) is 0 Å². The molecule has 0 saturated carbocycles. The van der Waals surface area contributed by atoms with Gasteiger partial charge in [-0.2, -0.15) is 0 Å². The van der Waals surface area contributed by atoms with Gasteiger partial charge in [-0.05, 0) is 38.0 Å². The van der Waals surface area contributed by atoms with Gasteiger partial charge in [0.2, 0.25) is 0 Å². The maximum Gasteiger partial charge on any atom is 0.120 e. The number of hydrogen-bond acceptors (Lipinski definition) is 3. The summed E-state index contributed by atoms with van der Waals surface area (Å²) in [5, 5.41) is 0. The maximum atomic E-state index is 5.71. The molecular formula is C15H26N2O. The Kier molecular flexibility index (Phi) is 6.76. The van der Waals surface area contributed by atoms with Crippen LogP contribution in [0.5, 0.6) is 5.75 Å². The van der Waals surface area contributed by atoms with Crippen molar-refractivity contribution in [2.75, 3.05) is 0 Å². The first-order valence-corrected chi connectivity index (χ1v) is 6.90. The summed E-state index contributed by atoms with van der Waals surface area (Å²) in [6, 6.07) is 8.41. The van der Waals surface area contributed by atoms with Gasteiger partial charge in [-0.15, -0.1) is 0 Å². The second-order valence-corrected chi connectivity index (χ2v) is 4.95. The van der Waals surface area contributed by atoms with Crippen molar-refractivity contribution in [1.82, 2.24) is 5.43 Å². The van der Waals surface area contributed by atoms with Crippen LogP contribution in [0.25, 0.3) is 0 Å². The van der Waals surface area contributed by atoms with Gasteiger partial charge in [-0.1, -0.05) is 38.3 Å². The summed E-state index contributed by atoms with van der Waals surface area (Å²) in [6.07, 6.45) is 4.94. The molecule has 0 spiro atoms. The molecule has 1 aromatic carbocycles. The smallest absolute Gasteiger partial charge is 0.120 e. The van der Waals surface area contributed by atoms with Gasteiger partial charge < -0.3 is 4.74 Å². The molecule has 0 radical (unpaired) electrons. The lowest BCUT2D eigenvalue weighted by atomic mass is 10.0. The van der Waals surface area contributed by atoms with E-state index in [-0.39, 0.29) is 12.1 Å². The van der Waals surface area contributed by atoms with Gasteiger partial charge >= 0.3 is 0 Å². The second-order valence-electron chi connectivity index (χ2n) is 4.95. The number of nitrogens with two attached hydrogens (primary N) is 1. The summed E-state index contributed by atoms with van der Waals surface area (Å²) in [7, 11) is 0. The Morgan fingerprint density at radius 1 is 1.28 bits per heavy atom. The molecule has 1 unspecified atom stereocenters. The molecule has 0 amide bonds. The third-order valence-corrected chi connectivity index (χ3v) is 2.93. The first kappa shape index (κ1) is 15.0. The van der Waals surface area contributed by atoms with E-state index in [9.17, 15) is 0 Å². The molecule has 0 aliphatic rings. The molecule has 18 heavy (non-hydrogen) atoms. The zero-order chi connectivity index (χ0) is 13.4.